The molecule has 0 spiro atoms. The summed E-state index contributed by atoms with van der Waals surface area (Å²) in [6, 6.07) is 29.3. The van der Waals surface area contributed by atoms with Gasteiger partial charge in [-0.25, -0.2) is 31.3 Å². The Balaban J connectivity index is 1.39. The van der Waals surface area contributed by atoms with Crippen LogP contribution in [0.25, 0.3) is 32.7 Å². The van der Waals surface area contributed by atoms with Gasteiger partial charge in [-0.05, 0) is 102 Å². The van der Waals surface area contributed by atoms with Crippen LogP contribution < -0.4 is 19.9 Å². The van der Waals surface area contributed by atoms with Crippen molar-refractivity contribution in [1.82, 2.24) is 34.4 Å². The topological polar surface area (TPSA) is 211 Å². The highest BCUT2D eigenvalue weighted by Crippen LogP contribution is 2.45. The summed E-state index contributed by atoms with van der Waals surface area (Å²) in [7, 11) is -4.88. The zero-order valence-corrected chi connectivity index (χ0v) is 39.5. The number of para-hydroxylation sites is 1. The number of benzene rings is 5. The summed E-state index contributed by atoms with van der Waals surface area (Å²) in [5.74, 6) is 1.71. The van der Waals surface area contributed by atoms with Gasteiger partial charge in [-0.3, -0.25) is 0 Å². The second kappa shape index (κ2) is 18.3. The summed E-state index contributed by atoms with van der Waals surface area (Å²) >= 11 is 1.25. The average molecular weight is 953 g/mol. The maximum atomic E-state index is 16.2. The molecule has 0 atom stereocenters. The van der Waals surface area contributed by atoms with Gasteiger partial charge in [-0.15, -0.1) is 5.10 Å². The highest BCUT2D eigenvalue weighted by molar-refractivity contribution is 7.94. The van der Waals surface area contributed by atoms with Crippen molar-refractivity contribution in [1.29, 1.82) is 0 Å². The number of hydrogen-bond acceptors (Lipinski definition) is 15. The van der Waals surface area contributed by atoms with E-state index in [9.17, 15) is 4.79 Å². The molecule has 8 rings (SSSR count). The zero-order valence-electron chi connectivity index (χ0n) is 37.0. The minimum Gasteiger partial charge on any atom is -0.497 e. The Morgan fingerprint density at radius 3 is 1.88 bits per heavy atom. The lowest BCUT2D eigenvalue weighted by Gasteiger charge is -2.39. The predicted octanol–water partition coefficient (Wildman–Crippen LogP) is 7.06. The number of amides is 1. The van der Waals surface area contributed by atoms with Crippen LogP contribution in [-0.2, 0) is 44.2 Å². The molecular formula is C46H48N8O9S3. The van der Waals surface area contributed by atoms with E-state index in [0.29, 0.717) is 44.2 Å². The number of nitrogens with two attached hydrogens (primary N) is 1. The Morgan fingerprint density at radius 1 is 0.773 bits per heavy atom. The van der Waals surface area contributed by atoms with E-state index in [1.807, 2.05) is 18.2 Å². The van der Waals surface area contributed by atoms with Crippen molar-refractivity contribution in [2.45, 2.75) is 61.0 Å². The van der Waals surface area contributed by atoms with Crippen LogP contribution in [0.3, 0.4) is 0 Å². The Morgan fingerprint density at radius 2 is 1.33 bits per heavy atom. The highest BCUT2D eigenvalue weighted by atomic mass is 32.2. The number of aromatic nitrogens is 5. The second-order valence-electron chi connectivity index (χ2n) is 16.5. The van der Waals surface area contributed by atoms with Crippen LogP contribution in [-0.4, -0.2) is 103 Å². The summed E-state index contributed by atoms with van der Waals surface area (Å²) in [5, 5.41) is 11.9. The third-order valence-electron chi connectivity index (χ3n) is 11.0. The number of anilines is 1. The van der Waals surface area contributed by atoms with Gasteiger partial charge in [0.15, 0.2) is 20.8 Å². The molecule has 2 N–H and O–H groups in total. The number of nitrogen functional groups attached to an aromatic ring is 1. The fraction of sp³-hybridized carbons (Fsp3) is 0.283. The van der Waals surface area contributed by atoms with Crippen molar-refractivity contribution in [3.05, 3.63) is 120 Å². The van der Waals surface area contributed by atoms with Crippen molar-refractivity contribution in [2.75, 3.05) is 40.2 Å². The second-order valence-corrected chi connectivity index (χ2v) is 21.7. The molecule has 2 aromatic heterocycles. The molecule has 344 valence electrons. The molecule has 5 aromatic carbocycles. The van der Waals surface area contributed by atoms with Crippen LogP contribution in [0.5, 0.6) is 17.2 Å². The van der Waals surface area contributed by atoms with E-state index < -0.39 is 46.6 Å². The zero-order chi connectivity index (χ0) is 47.0. The average Bonchev–Trinajstić information content (AvgIpc) is 3.90. The van der Waals surface area contributed by atoms with E-state index in [1.54, 1.807) is 107 Å². The Bertz CT molecular complexity index is 3060. The maximum Gasteiger partial charge on any atom is 0.410 e. The minimum atomic E-state index is -4.93. The predicted molar refractivity (Wildman–Crippen MR) is 250 cm³/mol. The first-order valence-corrected chi connectivity index (χ1v) is 24.5. The lowest BCUT2D eigenvalue weighted by atomic mass is 9.98. The number of ether oxygens (including phenoxy) is 4. The van der Waals surface area contributed by atoms with Gasteiger partial charge in [0.25, 0.3) is 0 Å². The molecule has 0 aliphatic carbocycles. The number of carbonyl (C=O) groups is 1. The molecule has 66 heavy (non-hydrogen) atoms. The maximum absolute atomic E-state index is 16.2. The van der Waals surface area contributed by atoms with Gasteiger partial charge in [-0.2, -0.15) is 4.31 Å². The Labute approximate surface area is 386 Å². The van der Waals surface area contributed by atoms with Gasteiger partial charge in [-0.1, -0.05) is 65.9 Å². The third-order valence-corrected chi connectivity index (χ3v) is 16.0. The van der Waals surface area contributed by atoms with Crippen LogP contribution in [0.2, 0.25) is 0 Å². The third kappa shape index (κ3) is 9.39. The number of hydrogen-bond donors (Lipinski definition) is 1. The molecule has 1 amide bonds. The van der Waals surface area contributed by atoms with Gasteiger partial charge in [0.2, 0.25) is 10.0 Å². The molecule has 17 nitrogen and oxygen atoms in total. The summed E-state index contributed by atoms with van der Waals surface area (Å²) in [6.07, 6.45) is -0.684. The van der Waals surface area contributed by atoms with Gasteiger partial charge < -0.3 is 29.6 Å². The molecule has 20 heteroatoms. The lowest BCUT2D eigenvalue weighted by Crippen LogP contribution is -2.57. The fourth-order valence-corrected chi connectivity index (χ4v) is 12.4. The molecule has 3 heterocycles. The van der Waals surface area contributed by atoms with Crippen LogP contribution in [0.15, 0.2) is 113 Å². The van der Waals surface area contributed by atoms with E-state index in [4.69, 9.17) is 24.7 Å². The first-order valence-electron chi connectivity index (χ1n) is 20.7. The lowest BCUT2D eigenvalue weighted by molar-refractivity contribution is 0.0139. The number of rotatable bonds is 15. The van der Waals surface area contributed by atoms with Crippen molar-refractivity contribution in [2.24, 2.45) is 0 Å². The van der Waals surface area contributed by atoms with E-state index in [2.05, 4.69) is 20.5 Å². The normalized spacial score (nSPS) is 13.5. The number of thiazole rings is 1. The summed E-state index contributed by atoms with van der Waals surface area (Å²) in [4.78, 5) is 17.9. The van der Waals surface area contributed by atoms with Gasteiger partial charge >= 0.3 is 6.09 Å². The number of methoxy groups -OCH3 is 3. The number of nitrogens with zero attached hydrogens (tertiary/aromatic N) is 7. The molecule has 0 saturated carbocycles. The van der Waals surface area contributed by atoms with Crippen LogP contribution in [0.4, 0.5) is 9.93 Å². The highest BCUT2D eigenvalue weighted by Gasteiger charge is 2.46. The van der Waals surface area contributed by atoms with Gasteiger partial charge in [0, 0.05) is 31.7 Å². The largest absolute Gasteiger partial charge is 0.497 e. The number of carbonyl (C=O) groups excluding carboxylic acids is 1. The molecule has 1 fully saturated rings. The molecule has 1 aliphatic heterocycles. The van der Waals surface area contributed by atoms with E-state index >= 15 is 16.8 Å². The van der Waals surface area contributed by atoms with Crippen LogP contribution in [0.1, 0.15) is 37.5 Å². The number of sulfone groups is 1. The number of sulfonamides is 1. The molecule has 1 aliphatic rings. The summed E-state index contributed by atoms with van der Waals surface area (Å²) in [5.41, 5.74) is 8.49. The molecule has 1 saturated heterocycles. The van der Waals surface area contributed by atoms with E-state index in [1.165, 1.54) is 45.5 Å². The van der Waals surface area contributed by atoms with E-state index in [-0.39, 0.29) is 54.8 Å². The van der Waals surface area contributed by atoms with Crippen molar-refractivity contribution < 1.29 is 40.6 Å². The van der Waals surface area contributed by atoms with Crippen molar-refractivity contribution >= 4 is 52.6 Å². The van der Waals surface area contributed by atoms with Gasteiger partial charge in [0.1, 0.15) is 33.0 Å². The fourth-order valence-electron chi connectivity index (χ4n) is 7.58. The molecule has 0 radical (unpaired) electrons. The first-order chi connectivity index (χ1) is 31.5. The molecule has 7 aromatic rings. The quantitative estimate of drug-likeness (QED) is 0.109. The monoisotopic (exact) mass is 952 g/mol. The smallest absolute Gasteiger partial charge is 0.410 e. The van der Waals surface area contributed by atoms with Crippen LogP contribution >= 0.6 is 11.3 Å². The van der Waals surface area contributed by atoms with Crippen molar-refractivity contribution in [3.8, 4) is 39.8 Å². The molecule has 0 unspecified atom stereocenters. The standard InChI is InChI=1S/C46H48N8O9S3/c1-46(2,3)63-45(55)52-27-35(28-52)65(56,57)39-23-22-36(37-8-7-9-38-41(37)48-44(47)64-38)40(43-49-50-51-54(43)26-31-14-20-34(62-6)21-15-31)42(39)66(58,59)53(24-29-10-16-32(60-4)17-11-29)25-30-12-18-33(61-5)19-13-30/h7-23,35H,24-28H2,1-6H3,(H2,47,48). The summed E-state index contributed by atoms with van der Waals surface area (Å²) < 4.78 is 88.0. The van der Waals surface area contributed by atoms with Crippen LogP contribution in [0, 0.1) is 0 Å². The SMILES string of the molecule is COc1ccc(CN(Cc2ccc(OC)cc2)S(=O)(=O)c2c(S(=O)(=O)C3CN(C(=O)OC(C)(C)C)C3)ccc(-c3cccc4sc(N)nc34)c2-c2nnnn2Cc2ccc(OC)cc2)cc1. The van der Waals surface area contributed by atoms with E-state index in [0.717, 1.165) is 5.56 Å². The molecular weight excluding hydrogens is 905 g/mol. The minimum absolute atomic E-state index is 0.0329. The molecule has 0 bridgehead atoms. The van der Waals surface area contributed by atoms with Crippen molar-refractivity contribution in [3.63, 3.8) is 0 Å². The number of fused-ring (bicyclic) bond motifs is 1. The first kappa shape index (κ1) is 45.9. The number of tetrazole rings is 1. The number of likely N-dealkylation sites (tertiary alicyclic amines) is 1. The van der Waals surface area contributed by atoms with Gasteiger partial charge in [0.05, 0.1) is 48.5 Å². The Kier molecular flexibility index (Phi) is 12.8. The summed E-state index contributed by atoms with van der Waals surface area (Å²) in [6.45, 7) is 4.36. The Hall–Kier alpha value is -6.61.